The smallest absolute Gasteiger partial charge is 0.115 e. The van der Waals surface area contributed by atoms with Gasteiger partial charge in [0.05, 0.1) is 0 Å². The molecule has 0 bridgehead atoms. The molecule has 114 valence electrons. The molecule has 0 radical (unpaired) electrons. The highest BCUT2D eigenvalue weighted by Gasteiger charge is 2.02. The van der Waals surface area contributed by atoms with Crippen molar-refractivity contribution in [3.8, 4) is 35.2 Å². The zero-order valence-corrected chi connectivity index (χ0v) is 13.7. The zero-order chi connectivity index (χ0) is 17.2. The monoisotopic (exact) mass is 314 g/mol. The normalized spacial score (nSPS) is 8.64. The van der Waals surface area contributed by atoms with Crippen LogP contribution >= 0.6 is 0 Å². The molecule has 0 spiro atoms. The van der Waals surface area contributed by atoms with E-state index in [1.807, 2.05) is 91.0 Å². The first-order chi connectivity index (χ1) is 12.4. The number of hydrogen-bond donors (Lipinski definition) is 0. The maximum atomic E-state index is 3.18. The molecule has 0 atom stereocenters. The molecule has 3 aromatic rings. The molecule has 25 heavy (non-hydrogen) atoms. The molecule has 0 amide bonds. The molecule has 0 heterocycles. The van der Waals surface area contributed by atoms with Crippen LogP contribution in [0.5, 0.6) is 0 Å². The van der Waals surface area contributed by atoms with Gasteiger partial charge >= 0.3 is 6.71 Å². The average Bonchev–Trinajstić information content (AvgIpc) is 2.70. The van der Waals surface area contributed by atoms with E-state index in [2.05, 4.69) is 35.2 Å². The molecular formula is C24H15B. The second kappa shape index (κ2) is 8.89. The van der Waals surface area contributed by atoms with Gasteiger partial charge in [0, 0.05) is 16.7 Å². The van der Waals surface area contributed by atoms with E-state index in [9.17, 15) is 0 Å². The van der Waals surface area contributed by atoms with Crippen LogP contribution in [0.25, 0.3) is 0 Å². The number of benzene rings is 3. The maximum absolute atomic E-state index is 3.18. The molecule has 0 nitrogen and oxygen atoms in total. The Kier molecular flexibility index (Phi) is 5.78. The quantitative estimate of drug-likeness (QED) is 0.430. The highest BCUT2D eigenvalue weighted by atomic mass is 13.8. The third kappa shape index (κ3) is 5.51. The topological polar surface area (TPSA) is 0 Å². The molecule has 3 rings (SSSR count). The van der Waals surface area contributed by atoms with Gasteiger partial charge in [0.25, 0.3) is 0 Å². The van der Waals surface area contributed by atoms with E-state index in [0.717, 1.165) is 16.7 Å². The fourth-order valence-electron chi connectivity index (χ4n) is 2.14. The van der Waals surface area contributed by atoms with Crippen molar-refractivity contribution in [1.82, 2.24) is 0 Å². The lowest BCUT2D eigenvalue weighted by atomic mass is 9.52. The lowest BCUT2D eigenvalue weighted by Gasteiger charge is -1.90. The molecule has 0 unspecified atom stereocenters. The second-order valence-corrected chi connectivity index (χ2v) is 5.34. The van der Waals surface area contributed by atoms with Crippen LogP contribution in [0, 0.1) is 35.2 Å². The van der Waals surface area contributed by atoms with Crippen LogP contribution in [0.2, 0.25) is 0 Å². The van der Waals surface area contributed by atoms with Crippen molar-refractivity contribution >= 4 is 6.71 Å². The van der Waals surface area contributed by atoms with Crippen molar-refractivity contribution in [3.05, 3.63) is 108 Å². The van der Waals surface area contributed by atoms with Crippen LogP contribution in [0.3, 0.4) is 0 Å². The predicted octanol–water partition coefficient (Wildman–Crippen LogP) is 4.25. The molecule has 0 aliphatic carbocycles. The highest BCUT2D eigenvalue weighted by Crippen LogP contribution is 1.98. The van der Waals surface area contributed by atoms with Gasteiger partial charge in [-0.3, -0.25) is 0 Å². The second-order valence-electron chi connectivity index (χ2n) is 5.34. The SMILES string of the molecule is C(#Cc1ccccc1)B(C#Cc1ccccc1)C#Cc1ccccc1. The Morgan fingerprint density at radius 3 is 0.960 bits per heavy atom. The van der Waals surface area contributed by atoms with Crippen LogP contribution in [0.1, 0.15) is 16.7 Å². The van der Waals surface area contributed by atoms with E-state index >= 15 is 0 Å². The summed E-state index contributed by atoms with van der Waals surface area (Å²) in [5.74, 6) is 19.0. The molecule has 0 aromatic heterocycles. The first kappa shape index (κ1) is 16.3. The van der Waals surface area contributed by atoms with Crippen molar-refractivity contribution in [2.75, 3.05) is 0 Å². The first-order valence-electron chi connectivity index (χ1n) is 8.10. The molecule has 0 saturated heterocycles. The van der Waals surface area contributed by atoms with Crippen LogP contribution in [0.15, 0.2) is 91.0 Å². The average molecular weight is 314 g/mol. The summed E-state index contributed by atoms with van der Waals surface area (Å²) in [6, 6.07) is 29.7. The molecule has 0 saturated carbocycles. The Labute approximate surface area is 150 Å². The maximum Gasteiger partial charge on any atom is 0.396 e. The molecule has 1 heteroatoms. The zero-order valence-electron chi connectivity index (χ0n) is 13.7. The minimum Gasteiger partial charge on any atom is -0.115 e. The van der Waals surface area contributed by atoms with Gasteiger partial charge in [0.1, 0.15) is 0 Å². The Hall–Kier alpha value is -3.60. The van der Waals surface area contributed by atoms with Crippen molar-refractivity contribution in [3.63, 3.8) is 0 Å². The lowest BCUT2D eigenvalue weighted by molar-refractivity contribution is 1.65. The largest absolute Gasteiger partial charge is 0.396 e. The summed E-state index contributed by atoms with van der Waals surface area (Å²) in [5, 5.41) is 0. The Morgan fingerprint density at radius 2 is 0.680 bits per heavy atom. The Bertz CT molecular complexity index is 850. The Morgan fingerprint density at radius 1 is 0.400 bits per heavy atom. The fraction of sp³-hybridized carbons (Fsp3) is 0. The van der Waals surface area contributed by atoms with Gasteiger partial charge in [0.15, 0.2) is 0 Å². The van der Waals surface area contributed by atoms with Crippen LogP contribution in [-0.2, 0) is 0 Å². The van der Waals surface area contributed by atoms with Gasteiger partial charge in [-0.05, 0) is 36.4 Å². The molecular weight excluding hydrogens is 299 g/mol. The third-order valence-corrected chi connectivity index (χ3v) is 3.40. The number of hydrogen-bond acceptors (Lipinski definition) is 0. The van der Waals surface area contributed by atoms with E-state index in [1.165, 1.54) is 0 Å². The lowest BCUT2D eigenvalue weighted by Crippen LogP contribution is -2.05. The van der Waals surface area contributed by atoms with Gasteiger partial charge in [-0.15, -0.1) is 17.5 Å². The standard InChI is InChI=1S/C24H15B/c1-4-10-22(11-5-1)16-19-25(20-17-23-12-6-2-7-13-23)21-18-24-14-8-3-9-15-24/h1-15H. The van der Waals surface area contributed by atoms with Gasteiger partial charge < -0.3 is 0 Å². The molecule has 0 fully saturated rings. The molecule has 0 aliphatic heterocycles. The van der Waals surface area contributed by atoms with Crippen molar-refractivity contribution in [2.24, 2.45) is 0 Å². The van der Waals surface area contributed by atoms with Crippen LogP contribution in [-0.4, -0.2) is 6.71 Å². The summed E-state index contributed by atoms with van der Waals surface area (Å²) < 4.78 is 0. The predicted molar refractivity (Wildman–Crippen MR) is 106 cm³/mol. The molecule has 0 aliphatic rings. The van der Waals surface area contributed by atoms with Gasteiger partial charge in [-0.25, -0.2) is 0 Å². The highest BCUT2D eigenvalue weighted by molar-refractivity contribution is 6.82. The van der Waals surface area contributed by atoms with Crippen LogP contribution in [0.4, 0.5) is 0 Å². The fourth-order valence-corrected chi connectivity index (χ4v) is 2.14. The van der Waals surface area contributed by atoms with Crippen molar-refractivity contribution in [1.29, 1.82) is 0 Å². The van der Waals surface area contributed by atoms with E-state index in [1.54, 1.807) is 0 Å². The third-order valence-electron chi connectivity index (χ3n) is 3.40. The van der Waals surface area contributed by atoms with E-state index in [4.69, 9.17) is 0 Å². The van der Waals surface area contributed by atoms with E-state index in [-0.39, 0.29) is 6.71 Å². The summed E-state index contributed by atoms with van der Waals surface area (Å²) >= 11 is 0. The summed E-state index contributed by atoms with van der Waals surface area (Å²) in [4.78, 5) is 0. The van der Waals surface area contributed by atoms with Crippen molar-refractivity contribution < 1.29 is 0 Å². The van der Waals surface area contributed by atoms with Gasteiger partial charge in [0.2, 0.25) is 0 Å². The van der Waals surface area contributed by atoms with Gasteiger partial charge in [-0.2, -0.15) is 0 Å². The van der Waals surface area contributed by atoms with E-state index in [0.29, 0.717) is 0 Å². The number of rotatable bonds is 0. The summed E-state index contributed by atoms with van der Waals surface area (Å²) in [7, 11) is 0. The first-order valence-corrected chi connectivity index (χ1v) is 8.10. The Balaban J connectivity index is 1.88. The van der Waals surface area contributed by atoms with E-state index < -0.39 is 0 Å². The molecule has 0 N–H and O–H groups in total. The van der Waals surface area contributed by atoms with Gasteiger partial charge in [-0.1, -0.05) is 72.4 Å². The summed E-state index contributed by atoms with van der Waals surface area (Å²) in [6.45, 7) is -0.305. The molecule has 3 aromatic carbocycles. The summed E-state index contributed by atoms with van der Waals surface area (Å²) in [6.07, 6.45) is 0. The van der Waals surface area contributed by atoms with Crippen molar-refractivity contribution in [2.45, 2.75) is 0 Å². The minimum atomic E-state index is -0.305. The van der Waals surface area contributed by atoms with Crippen LogP contribution < -0.4 is 0 Å². The minimum absolute atomic E-state index is 0.305. The summed E-state index contributed by atoms with van der Waals surface area (Å²) in [5.41, 5.74) is 2.90.